The zero-order valence-corrected chi connectivity index (χ0v) is 15.6. The molecule has 0 unspecified atom stereocenters. The molecule has 3 atom stereocenters. The molecule has 0 aliphatic heterocycles. The molecule has 1 aliphatic carbocycles. The highest BCUT2D eigenvalue weighted by Crippen LogP contribution is 2.27. The molecule has 1 aliphatic rings. The third-order valence-electron chi connectivity index (χ3n) is 4.76. The monoisotopic (exact) mass is 350 g/mol. The van der Waals surface area contributed by atoms with Crippen LogP contribution >= 0.6 is 0 Å². The number of rotatable bonds is 7. The molecule has 0 bridgehead atoms. The van der Waals surface area contributed by atoms with Crippen molar-refractivity contribution in [3.8, 4) is 0 Å². The third kappa shape index (κ3) is 6.08. The molecule has 0 radical (unpaired) electrons. The van der Waals surface area contributed by atoms with E-state index in [1.54, 1.807) is 12.1 Å². The molecule has 0 saturated heterocycles. The molecule has 1 saturated carbocycles. The molecule has 0 aromatic heterocycles. The molecule has 140 valence electrons. The van der Waals surface area contributed by atoms with E-state index < -0.39 is 5.54 Å². The zero-order chi connectivity index (χ0) is 18.4. The number of nitrogens with two attached hydrogens (primary N) is 1. The van der Waals surface area contributed by atoms with E-state index in [4.69, 9.17) is 10.5 Å². The first-order valence-corrected chi connectivity index (χ1v) is 9.24. The summed E-state index contributed by atoms with van der Waals surface area (Å²) in [7, 11) is 0. The molecule has 1 fully saturated rings. The number of hydrogen-bond acceptors (Lipinski definition) is 3. The average molecular weight is 350 g/mol. The Kier molecular flexibility index (Phi) is 6.96. The van der Waals surface area contributed by atoms with Crippen LogP contribution in [0.2, 0.25) is 0 Å². The van der Waals surface area contributed by atoms with E-state index in [0.717, 1.165) is 31.4 Å². The first-order chi connectivity index (χ1) is 11.8. The minimum atomic E-state index is -0.394. The fourth-order valence-electron chi connectivity index (χ4n) is 3.48. The summed E-state index contributed by atoms with van der Waals surface area (Å²) >= 11 is 0. The number of ether oxygens (including phenoxy) is 1. The van der Waals surface area contributed by atoms with Gasteiger partial charge in [-0.2, -0.15) is 0 Å². The Morgan fingerprint density at radius 2 is 2.00 bits per heavy atom. The van der Waals surface area contributed by atoms with E-state index in [1.165, 1.54) is 12.1 Å². The van der Waals surface area contributed by atoms with E-state index in [2.05, 4.69) is 12.2 Å². The summed E-state index contributed by atoms with van der Waals surface area (Å²) in [6.45, 7) is 6.78. The molecular formula is C20H31FN2O2. The second kappa shape index (κ2) is 8.77. The Hall–Kier alpha value is -1.46. The third-order valence-corrected chi connectivity index (χ3v) is 4.76. The van der Waals surface area contributed by atoms with Gasteiger partial charge in [-0.05, 0) is 63.6 Å². The second-order valence-corrected chi connectivity index (χ2v) is 7.76. The number of halogens is 1. The maximum Gasteiger partial charge on any atom is 0.223 e. The number of nitrogens with one attached hydrogen (secondary N) is 1. The van der Waals surface area contributed by atoms with Crippen molar-refractivity contribution in [2.75, 3.05) is 6.61 Å². The average Bonchev–Trinajstić information content (AvgIpc) is 2.55. The summed E-state index contributed by atoms with van der Waals surface area (Å²) in [4.78, 5) is 12.7. The van der Waals surface area contributed by atoms with Gasteiger partial charge in [0.1, 0.15) is 5.82 Å². The summed E-state index contributed by atoms with van der Waals surface area (Å²) in [6.07, 6.45) is 3.99. The molecular weight excluding hydrogens is 319 g/mol. The van der Waals surface area contributed by atoms with Gasteiger partial charge in [0.05, 0.1) is 6.10 Å². The molecule has 1 aromatic carbocycles. The van der Waals surface area contributed by atoms with Gasteiger partial charge < -0.3 is 15.8 Å². The van der Waals surface area contributed by atoms with Gasteiger partial charge in [0.25, 0.3) is 0 Å². The van der Waals surface area contributed by atoms with Crippen molar-refractivity contribution in [3.63, 3.8) is 0 Å². The van der Waals surface area contributed by atoms with Gasteiger partial charge >= 0.3 is 0 Å². The molecule has 5 heteroatoms. The lowest BCUT2D eigenvalue weighted by atomic mass is 9.82. The molecule has 3 N–H and O–H groups in total. The van der Waals surface area contributed by atoms with Gasteiger partial charge in [0.2, 0.25) is 5.91 Å². The number of benzene rings is 1. The van der Waals surface area contributed by atoms with E-state index in [1.807, 2.05) is 13.8 Å². The van der Waals surface area contributed by atoms with Crippen molar-refractivity contribution in [3.05, 3.63) is 35.6 Å². The summed E-state index contributed by atoms with van der Waals surface area (Å²) in [6, 6.07) is 6.33. The first kappa shape index (κ1) is 19.9. The predicted molar refractivity (Wildman–Crippen MR) is 97.7 cm³/mol. The van der Waals surface area contributed by atoms with Crippen molar-refractivity contribution in [2.45, 2.75) is 70.6 Å². The quantitative estimate of drug-likeness (QED) is 0.794. The standard InChI is InChI=1S/C20H31FN2O2/c1-4-11-25-18-10-7-15(12-17(18)22)19(24)23-20(2,3)13-14-5-8-16(21)9-6-14/h5-6,8-9,15,17-18H,4,7,10-13,22H2,1-3H3,(H,23,24)/t15-,17+,18+/m0/s1. The van der Waals surface area contributed by atoms with Gasteiger partial charge in [0, 0.05) is 24.1 Å². The molecule has 0 spiro atoms. The predicted octanol–water partition coefficient (Wildman–Crippen LogP) is 3.19. The molecule has 0 heterocycles. The lowest BCUT2D eigenvalue weighted by Crippen LogP contribution is -2.51. The maximum atomic E-state index is 13.0. The van der Waals surface area contributed by atoms with Gasteiger partial charge in [0.15, 0.2) is 0 Å². The molecule has 25 heavy (non-hydrogen) atoms. The van der Waals surface area contributed by atoms with Crippen LogP contribution in [0.3, 0.4) is 0 Å². The van der Waals surface area contributed by atoms with E-state index in [9.17, 15) is 9.18 Å². The molecule has 1 amide bonds. The van der Waals surface area contributed by atoms with Crippen LogP contribution in [0.15, 0.2) is 24.3 Å². The Balaban J connectivity index is 1.87. The van der Waals surface area contributed by atoms with E-state index in [0.29, 0.717) is 12.8 Å². The number of amides is 1. The van der Waals surface area contributed by atoms with Crippen LogP contribution in [0.4, 0.5) is 4.39 Å². The summed E-state index contributed by atoms with van der Waals surface area (Å²) in [5.74, 6) is -0.262. The van der Waals surface area contributed by atoms with Crippen LogP contribution in [0, 0.1) is 11.7 Å². The molecule has 1 aromatic rings. The summed E-state index contributed by atoms with van der Waals surface area (Å²) in [5.41, 5.74) is 6.81. The van der Waals surface area contributed by atoms with Crippen LogP contribution in [-0.2, 0) is 16.0 Å². The normalized spacial score (nSPS) is 24.1. The Morgan fingerprint density at radius 3 is 2.60 bits per heavy atom. The van der Waals surface area contributed by atoms with Gasteiger partial charge in [-0.15, -0.1) is 0 Å². The van der Waals surface area contributed by atoms with E-state index >= 15 is 0 Å². The SMILES string of the molecule is CCCO[C@@H]1CC[C@H](C(=O)NC(C)(C)Cc2ccc(F)cc2)C[C@H]1N. The van der Waals surface area contributed by atoms with E-state index in [-0.39, 0.29) is 29.8 Å². The Labute approximate surface area is 150 Å². The van der Waals surface area contributed by atoms with Gasteiger partial charge in [-0.1, -0.05) is 19.1 Å². The Bertz CT molecular complexity index is 559. The second-order valence-electron chi connectivity index (χ2n) is 7.76. The lowest BCUT2D eigenvalue weighted by Gasteiger charge is -2.35. The summed E-state index contributed by atoms with van der Waals surface area (Å²) < 4.78 is 18.8. The molecule has 4 nitrogen and oxygen atoms in total. The highest BCUT2D eigenvalue weighted by atomic mass is 19.1. The number of hydrogen-bond donors (Lipinski definition) is 2. The van der Waals surface area contributed by atoms with Crippen LogP contribution in [-0.4, -0.2) is 30.2 Å². The van der Waals surface area contributed by atoms with Gasteiger partial charge in [-0.25, -0.2) is 4.39 Å². The van der Waals surface area contributed by atoms with Gasteiger partial charge in [-0.3, -0.25) is 4.79 Å². The van der Waals surface area contributed by atoms with Crippen LogP contribution in [0.5, 0.6) is 0 Å². The van der Waals surface area contributed by atoms with Crippen molar-refractivity contribution in [2.24, 2.45) is 11.7 Å². The minimum absolute atomic E-state index is 0.0523. The fourth-order valence-corrected chi connectivity index (χ4v) is 3.48. The van der Waals surface area contributed by atoms with Crippen molar-refractivity contribution < 1.29 is 13.9 Å². The summed E-state index contributed by atoms with van der Waals surface area (Å²) in [5, 5.41) is 3.14. The van der Waals surface area contributed by atoms with Crippen molar-refractivity contribution >= 4 is 5.91 Å². The smallest absolute Gasteiger partial charge is 0.223 e. The largest absolute Gasteiger partial charge is 0.377 e. The lowest BCUT2D eigenvalue weighted by molar-refractivity contribution is -0.129. The van der Waals surface area contributed by atoms with Crippen LogP contribution in [0.25, 0.3) is 0 Å². The Morgan fingerprint density at radius 1 is 1.32 bits per heavy atom. The van der Waals surface area contributed by atoms with Crippen molar-refractivity contribution in [1.82, 2.24) is 5.32 Å². The number of carbonyl (C=O) groups is 1. The molecule has 2 rings (SSSR count). The highest BCUT2D eigenvalue weighted by molar-refractivity contribution is 5.79. The first-order valence-electron chi connectivity index (χ1n) is 9.24. The topological polar surface area (TPSA) is 64.3 Å². The highest BCUT2D eigenvalue weighted by Gasteiger charge is 2.34. The fraction of sp³-hybridized carbons (Fsp3) is 0.650. The van der Waals surface area contributed by atoms with Crippen LogP contribution < -0.4 is 11.1 Å². The van der Waals surface area contributed by atoms with Crippen molar-refractivity contribution in [1.29, 1.82) is 0 Å². The zero-order valence-electron chi connectivity index (χ0n) is 15.6. The minimum Gasteiger partial charge on any atom is -0.377 e. The van der Waals surface area contributed by atoms with Crippen LogP contribution in [0.1, 0.15) is 52.0 Å². The number of carbonyl (C=O) groups excluding carboxylic acids is 1. The maximum absolute atomic E-state index is 13.0.